The fourth-order valence-electron chi connectivity index (χ4n) is 1.90. The van der Waals surface area contributed by atoms with Gasteiger partial charge < -0.3 is 15.5 Å². The van der Waals surface area contributed by atoms with Gasteiger partial charge in [-0.2, -0.15) is 0 Å². The summed E-state index contributed by atoms with van der Waals surface area (Å²) in [6, 6.07) is -0.238. The van der Waals surface area contributed by atoms with Crippen LogP contribution in [-0.2, 0) is 9.59 Å². The Morgan fingerprint density at radius 3 is 2.74 bits per heavy atom. The van der Waals surface area contributed by atoms with Gasteiger partial charge in [0, 0.05) is 37.3 Å². The fourth-order valence-corrected chi connectivity index (χ4v) is 2.68. The molecule has 19 heavy (non-hydrogen) atoms. The van der Waals surface area contributed by atoms with Crippen LogP contribution in [0.3, 0.4) is 0 Å². The van der Waals surface area contributed by atoms with Crippen molar-refractivity contribution in [1.29, 1.82) is 0 Å². The second-order valence-corrected chi connectivity index (χ2v) is 5.81. The maximum atomic E-state index is 11.9. The highest BCUT2D eigenvalue weighted by atomic mass is 32.1. The Labute approximate surface area is 116 Å². The predicted octanol–water partition coefficient (Wildman–Crippen LogP) is 0.0605. The van der Waals surface area contributed by atoms with Crippen molar-refractivity contribution >= 4 is 23.2 Å². The van der Waals surface area contributed by atoms with Gasteiger partial charge in [0.1, 0.15) is 5.01 Å². The summed E-state index contributed by atoms with van der Waals surface area (Å²) < 4.78 is 0. The standard InChI is InChI=1S/C12H18N4O2S/c1-8-7-14-11(19-8)9(2)15-10(17)12(18)16-5-3-13-4-6-16/h7,9,13H,3-6H2,1-2H3,(H,15,17). The first kappa shape index (κ1) is 14.0. The summed E-state index contributed by atoms with van der Waals surface area (Å²) in [5, 5.41) is 6.67. The molecule has 2 rings (SSSR count). The van der Waals surface area contributed by atoms with Gasteiger partial charge in [-0.25, -0.2) is 4.98 Å². The number of rotatable bonds is 2. The van der Waals surface area contributed by atoms with Crippen molar-refractivity contribution in [3.8, 4) is 0 Å². The number of aromatic nitrogens is 1. The van der Waals surface area contributed by atoms with Gasteiger partial charge in [-0.05, 0) is 13.8 Å². The molecule has 0 aromatic carbocycles. The van der Waals surface area contributed by atoms with E-state index >= 15 is 0 Å². The fraction of sp³-hybridized carbons (Fsp3) is 0.583. The second kappa shape index (κ2) is 6.12. The molecule has 1 atom stereocenters. The van der Waals surface area contributed by atoms with E-state index < -0.39 is 11.8 Å². The van der Waals surface area contributed by atoms with Crippen LogP contribution in [-0.4, -0.2) is 47.9 Å². The molecule has 1 aliphatic heterocycles. The number of carbonyl (C=O) groups excluding carboxylic acids is 2. The second-order valence-electron chi connectivity index (χ2n) is 4.55. The highest BCUT2D eigenvalue weighted by molar-refractivity contribution is 7.11. The lowest BCUT2D eigenvalue weighted by molar-refractivity contribution is -0.146. The van der Waals surface area contributed by atoms with Gasteiger partial charge in [0.15, 0.2) is 0 Å². The zero-order chi connectivity index (χ0) is 13.8. The minimum absolute atomic E-state index is 0.238. The number of nitrogens with zero attached hydrogens (tertiary/aromatic N) is 2. The number of amides is 2. The molecule has 1 aromatic heterocycles. The molecular formula is C12H18N4O2S. The average molecular weight is 282 g/mol. The lowest BCUT2D eigenvalue weighted by Crippen LogP contribution is -2.51. The van der Waals surface area contributed by atoms with E-state index in [-0.39, 0.29) is 6.04 Å². The molecule has 1 aromatic rings. The first-order valence-electron chi connectivity index (χ1n) is 6.30. The maximum Gasteiger partial charge on any atom is 0.311 e. The van der Waals surface area contributed by atoms with Gasteiger partial charge in [0.2, 0.25) is 0 Å². The molecule has 1 aliphatic rings. The number of piperazine rings is 1. The van der Waals surface area contributed by atoms with Gasteiger partial charge >= 0.3 is 11.8 Å². The van der Waals surface area contributed by atoms with Gasteiger partial charge in [0.25, 0.3) is 0 Å². The Morgan fingerprint density at radius 2 is 2.16 bits per heavy atom. The lowest BCUT2D eigenvalue weighted by atomic mass is 10.3. The largest absolute Gasteiger partial charge is 0.339 e. The van der Waals surface area contributed by atoms with Crippen LogP contribution in [0.2, 0.25) is 0 Å². The van der Waals surface area contributed by atoms with Crippen molar-refractivity contribution < 1.29 is 9.59 Å². The molecule has 7 heteroatoms. The normalized spacial score (nSPS) is 17.1. The quantitative estimate of drug-likeness (QED) is 0.752. The van der Waals surface area contributed by atoms with Gasteiger partial charge in [-0.1, -0.05) is 0 Å². The van der Waals surface area contributed by atoms with E-state index in [1.54, 1.807) is 11.1 Å². The molecule has 1 saturated heterocycles. The van der Waals surface area contributed by atoms with E-state index in [4.69, 9.17) is 0 Å². The molecule has 2 N–H and O–H groups in total. The van der Waals surface area contributed by atoms with Crippen molar-refractivity contribution in [2.45, 2.75) is 19.9 Å². The van der Waals surface area contributed by atoms with E-state index in [1.165, 1.54) is 11.3 Å². The van der Waals surface area contributed by atoms with Crippen molar-refractivity contribution in [2.75, 3.05) is 26.2 Å². The number of hydrogen-bond donors (Lipinski definition) is 2. The molecule has 0 radical (unpaired) electrons. The number of carbonyl (C=O) groups is 2. The molecule has 6 nitrogen and oxygen atoms in total. The molecule has 0 spiro atoms. The molecule has 2 heterocycles. The number of hydrogen-bond acceptors (Lipinski definition) is 5. The van der Waals surface area contributed by atoms with Crippen LogP contribution in [0.4, 0.5) is 0 Å². The summed E-state index contributed by atoms with van der Waals surface area (Å²) >= 11 is 1.52. The Hall–Kier alpha value is -1.47. The Bertz CT molecular complexity index is 468. The Kier molecular flexibility index (Phi) is 4.49. The third-order valence-corrected chi connectivity index (χ3v) is 4.05. The molecule has 1 unspecified atom stereocenters. The maximum absolute atomic E-state index is 11.9. The van der Waals surface area contributed by atoms with E-state index in [1.807, 2.05) is 13.8 Å². The molecule has 1 fully saturated rings. The molecule has 0 saturated carbocycles. The summed E-state index contributed by atoms with van der Waals surface area (Å²) in [7, 11) is 0. The topological polar surface area (TPSA) is 74.3 Å². The first-order chi connectivity index (χ1) is 9.08. The van der Waals surface area contributed by atoms with E-state index in [9.17, 15) is 9.59 Å². The number of thiazole rings is 1. The van der Waals surface area contributed by atoms with Gasteiger partial charge in [0.05, 0.1) is 6.04 Å². The van der Waals surface area contributed by atoms with Crippen molar-refractivity contribution in [3.63, 3.8) is 0 Å². The zero-order valence-corrected chi connectivity index (χ0v) is 11.9. The number of aryl methyl sites for hydroxylation is 1. The van der Waals surface area contributed by atoms with E-state index in [2.05, 4.69) is 15.6 Å². The Balaban J connectivity index is 1.91. The highest BCUT2D eigenvalue weighted by Gasteiger charge is 2.25. The zero-order valence-electron chi connectivity index (χ0n) is 11.1. The SMILES string of the molecule is Cc1cnc(C(C)NC(=O)C(=O)N2CCNCC2)s1. The summed E-state index contributed by atoms with van der Waals surface area (Å²) in [5.74, 6) is -1.01. The van der Waals surface area contributed by atoms with E-state index in [0.29, 0.717) is 13.1 Å². The van der Waals surface area contributed by atoms with Crippen LogP contribution in [0.25, 0.3) is 0 Å². The van der Waals surface area contributed by atoms with Crippen molar-refractivity contribution in [3.05, 3.63) is 16.1 Å². The molecular weight excluding hydrogens is 264 g/mol. The molecule has 2 amide bonds. The Morgan fingerprint density at radius 1 is 1.47 bits per heavy atom. The molecule has 0 bridgehead atoms. The summed E-state index contributed by atoms with van der Waals surface area (Å²) in [5.41, 5.74) is 0. The summed E-state index contributed by atoms with van der Waals surface area (Å²) in [6.45, 7) is 6.43. The van der Waals surface area contributed by atoms with E-state index in [0.717, 1.165) is 23.0 Å². The predicted molar refractivity (Wildman–Crippen MR) is 72.9 cm³/mol. The van der Waals surface area contributed by atoms with Crippen LogP contribution >= 0.6 is 11.3 Å². The van der Waals surface area contributed by atoms with Crippen molar-refractivity contribution in [1.82, 2.24) is 20.5 Å². The van der Waals surface area contributed by atoms with Crippen LogP contribution in [0, 0.1) is 6.92 Å². The average Bonchev–Trinajstić information content (AvgIpc) is 2.85. The van der Waals surface area contributed by atoms with Crippen LogP contribution in [0.5, 0.6) is 0 Å². The van der Waals surface area contributed by atoms with Crippen LogP contribution in [0.15, 0.2) is 6.20 Å². The smallest absolute Gasteiger partial charge is 0.311 e. The monoisotopic (exact) mass is 282 g/mol. The minimum atomic E-state index is -0.553. The third kappa shape index (κ3) is 3.51. The minimum Gasteiger partial charge on any atom is -0.339 e. The van der Waals surface area contributed by atoms with Gasteiger partial charge in [-0.15, -0.1) is 11.3 Å². The van der Waals surface area contributed by atoms with Gasteiger partial charge in [-0.3, -0.25) is 9.59 Å². The first-order valence-corrected chi connectivity index (χ1v) is 7.12. The van der Waals surface area contributed by atoms with Crippen LogP contribution in [0.1, 0.15) is 22.9 Å². The summed E-state index contributed by atoms with van der Waals surface area (Å²) in [6.07, 6.45) is 1.76. The summed E-state index contributed by atoms with van der Waals surface area (Å²) in [4.78, 5) is 30.7. The molecule has 0 aliphatic carbocycles. The lowest BCUT2D eigenvalue weighted by Gasteiger charge is -2.27. The number of nitrogens with one attached hydrogen (secondary N) is 2. The highest BCUT2D eigenvalue weighted by Crippen LogP contribution is 2.18. The van der Waals surface area contributed by atoms with Crippen molar-refractivity contribution in [2.24, 2.45) is 0 Å². The van der Waals surface area contributed by atoms with Crippen LogP contribution < -0.4 is 10.6 Å². The molecule has 104 valence electrons. The third-order valence-electron chi connectivity index (χ3n) is 2.96.